The van der Waals surface area contributed by atoms with Crippen molar-refractivity contribution in [2.75, 3.05) is 31.2 Å². The van der Waals surface area contributed by atoms with Crippen molar-refractivity contribution in [2.24, 2.45) is 5.92 Å². The summed E-state index contributed by atoms with van der Waals surface area (Å²) >= 11 is 1.69. The fourth-order valence-electron chi connectivity index (χ4n) is 5.16. The van der Waals surface area contributed by atoms with Crippen LogP contribution in [0, 0.1) is 5.92 Å². The molecule has 3 amide bonds. The molecule has 0 radical (unpaired) electrons. The van der Waals surface area contributed by atoms with Crippen LogP contribution in [0.2, 0.25) is 0 Å². The molecule has 2 aromatic rings. The molecule has 2 aromatic carbocycles. The van der Waals surface area contributed by atoms with Crippen molar-refractivity contribution in [1.82, 2.24) is 15.5 Å². The summed E-state index contributed by atoms with van der Waals surface area (Å²) in [5.74, 6) is -0.230. The number of rotatable bonds is 4. The van der Waals surface area contributed by atoms with Crippen molar-refractivity contribution in [1.29, 1.82) is 0 Å². The Kier molecular flexibility index (Phi) is 6.61. The average molecular weight is 479 g/mol. The third kappa shape index (κ3) is 4.57. The third-order valence-electron chi connectivity index (χ3n) is 7.15. The molecule has 5 rings (SSSR count). The van der Waals surface area contributed by atoms with Gasteiger partial charge in [0.1, 0.15) is 6.04 Å². The normalized spacial score (nSPS) is 22.9. The highest BCUT2D eigenvalue weighted by atomic mass is 32.2. The summed E-state index contributed by atoms with van der Waals surface area (Å²) in [5.41, 5.74) is 3.03. The van der Waals surface area contributed by atoms with E-state index >= 15 is 0 Å². The fraction of sp³-hybridized carbons (Fsp3) is 0.423. The molecule has 7 nitrogen and oxygen atoms in total. The Morgan fingerprint density at radius 3 is 2.50 bits per heavy atom. The van der Waals surface area contributed by atoms with Gasteiger partial charge < -0.3 is 20.9 Å². The molecule has 0 aliphatic carbocycles. The molecule has 0 saturated carbocycles. The minimum absolute atomic E-state index is 0.0246. The van der Waals surface area contributed by atoms with Crippen molar-refractivity contribution in [2.45, 2.75) is 42.7 Å². The number of carbonyl (C=O) groups excluding carboxylic acids is 3. The van der Waals surface area contributed by atoms with Crippen LogP contribution in [0.3, 0.4) is 0 Å². The molecule has 3 N–H and O–H groups in total. The lowest BCUT2D eigenvalue weighted by atomic mass is 9.93. The Hall–Kier alpha value is -2.84. The quantitative estimate of drug-likeness (QED) is 0.588. The highest BCUT2D eigenvalue weighted by Gasteiger charge is 2.40. The summed E-state index contributed by atoms with van der Waals surface area (Å²) in [6.45, 7) is 2.16. The summed E-state index contributed by atoms with van der Waals surface area (Å²) in [5, 5.41) is 9.39. The van der Waals surface area contributed by atoms with Gasteiger partial charge in [0.2, 0.25) is 11.8 Å². The van der Waals surface area contributed by atoms with Gasteiger partial charge in [0.15, 0.2) is 0 Å². The molecule has 0 bridgehead atoms. The van der Waals surface area contributed by atoms with Gasteiger partial charge in [-0.25, -0.2) is 0 Å². The summed E-state index contributed by atoms with van der Waals surface area (Å²) in [4.78, 5) is 42.2. The minimum atomic E-state index is -0.587. The predicted molar refractivity (Wildman–Crippen MR) is 134 cm³/mol. The molecule has 0 spiro atoms. The standard InChI is InChI=1S/C26H30N4O3S/c1-34-20-5-2-16(3-6-20)18-4-7-22-21(14-18)26(33)30-13-10-19(15-23(30)25(32)29-22)28-24(31)17-8-11-27-12-9-17/h2-7,14,17,19,23,27H,8-13,15H2,1H3,(H,28,31)(H,29,32). The van der Waals surface area contributed by atoms with Gasteiger partial charge >= 0.3 is 0 Å². The van der Waals surface area contributed by atoms with E-state index < -0.39 is 6.04 Å². The van der Waals surface area contributed by atoms with Gasteiger partial charge in [-0.15, -0.1) is 11.8 Å². The number of fused-ring (bicyclic) bond motifs is 2. The first-order valence-electron chi connectivity index (χ1n) is 11.9. The lowest BCUT2D eigenvalue weighted by Gasteiger charge is -2.38. The second kappa shape index (κ2) is 9.80. The van der Waals surface area contributed by atoms with Crippen LogP contribution in [0.25, 0.3) is 11.1 Å². The molecular weight excluding hydrogens is 448 g/mol. The zero-order chi connectivity index (χ0) is 23.7. The van der Waals surface area contributed by atoms with Gasteiger partial charge in [-0.1, -0.05) is 18.2 Å². The van der Waals surface area contributed by atoms with E-state index in [1.54, 1.807) is 16.7 Å². The number of nitrogens with one attached hydrogen (secondary N) is 3. The van der Waals surface area contributed by atoms with E-state index in [0.29, 0.717) is 30.6 Å². The van der Waals surface area contributed by atoms with Crippen molar-refractivity contribution in [3.63, 3.8) is 0 Å². The van der Waals surface area contributed by atoms with Crippen LogP contribution in [0.4, 0.5) is 5.69 Å². The first kappa shape index (κ1) is 22.9. The molecular formula is C26H30N4O3S. The number of piperidine rings is 2. The highest BCUT2D eigenvalue weighted by Crippen LogP contribution is 2.32. The van der Waals surface area contributed by atoms with Crippen molar-refractivity contribution < 1.29 is 14.4 Å². The minimum Gasteiger partial charge on any atom is -0.353 e. The number of hydrogen-bond donors (Lipinski definition) is 3. The summed E-state index contributed by atoms with van der Waals surface area (Å²) in [7, 11) is 0. The first-order chi connectivity index (χ1) is 16.5. The molecule has 8 heteroatoms. The van der Waals surface area contributed by atoms with E-state index in [9.17, 15) is 14.4 Å². The maximum Gasteiger partial charge on any atom is 0.256 e. The number of amides is 3. The van der Waals surface area contributed by atoms with Crippen molar-refractivity contribution in [3.8, 4) is 11.1 Å². The highest BCUT2D eigenvalue weighted by molar-refractivity contribution is 7.98. The monoisotopic (exact) mass is 478 g/mol. The van der Waals surface area contributed by atoms with Gasteiger partial charge in [-0.3, -0.25) is 14.4 Å². The molecule has 2 unspecified atom stereocenters. The summed E-state index contributed by atoms with van der Waals surface area (Å²) < 4.78 is 0. The Morgan fingerprint density at radius 2 is 1.76 bits per heavy atom. The van der Waals surface area contributed by atoms with E-state index in [1.807, 2.05) is 36.6 Å². The van der Waals surface area contributed by atoms with Crippen LogP contribution < -0.4 is 16.0 Å². The van der Waals surface area contributed by atoms with Gasteiger partial charge in [-0.05, 0) is 80.4 Å². The van der Waals surface area contributed by atoms with E-state index in [0.717, 1.165) is 37.1 Å². The average Bonchev–Trinajstić information content (AvgIpc) is 2.98. The van der Waals surface area contributed by atoms with Gasteiger partial charge in [0, 0.05) is 23.4 Å². The van der Waals surface area contributed by atoms with E-state index in [4.69, 9.17) is 0 Å². The second-order valence-corrected chi connectivity index (χ2v) is 10.1. The van der Waals surface area contributed by atoms with E-state index in [2.05, 4.69) is 28.1 Å². The maximum absolute atomic E-state index is 13.5. The predicted octanol–water partition coefficient (Wildman–Crippen LogP) is 3.12. The number of nitrogens with zero attached hydrogens (tertiary/aromatic N) is 1. The Morgan fingerprint density at radius 1 is 1.03 bits per heavy atom. The SMILES string of the molecule is CSc1ccc(-c2ccc3c(c2)C(=O)N2CCC(NC(=O)C4CCNCC4)CC2C(=O)N3)cc1. The van der Waals surface area contributed by atoms with Crippen LogP contribution in [-0.2, 0) is 9.59 Å². The molecule has 3 aliphatic heterocycles. The van der Waals surface area contributed by atoms with E-state index in [-0.39, 0.29) is 29.7 Å². The molecule has 3 heterocycles. The molecule has 2 saturated heterocycles. The number of thioether (sulfide) groups is 1. The van der Waals surface area contributed by atoms with Crippen LogP contribution in [0.15, 0.2) is 47.4 Å². The Balaban J connectivity index is 1.33. The topological polar surface area (TPSA) is 90.5 Å². The van der Waals surface area contributed by atoms with Gasteiger partial charge in [-0.2, -0.15) is 0 Å². The number of benzene rings is 2. The largest absolute Gasteiger partial charge is 0.353 e. The molecule has 178 valence electrons. The van der Waals surface area contributed by atoms with Crippen molar-refractivity contribution >= 4 is 35.2 Å². The van der Waals surface area contributed by atoms with Crippen LogP contribution in [0.1, 0.15) is 36.0 Å². The summed E-state index contributed by atoms with van der Waals surface area (Å²) in [6, 6.07) is 13.2. The fourth-order valence-corrected chi connectivity index (χ4v) is 5.56. The zero-order valence-electron chi connectivity index (χ0n) is 19.3. The summed E-state index contributed by atoms with van der Waals surface area (Å²) in [6.07, 6.45) is 4.80. The second-order valence-electron chi connectivity index (χ2n) is 9.25. The molecule has 0 aromatic heterocycles. The van der Waals surface area contributed by atoms with Crippen LogP contribution in [-0.4, -0.2) is 60.6 Å². The molecule has 3 aliphatic rings. The smallest absolute Gasteiger partial charge is 0.256 e. The Labute approximate surface area is 204 Å². The molecule has 2 fully saturated rings. The lowest BCUT2D eigenvalue weighted by molar-refractivity contribution is -0.128. The molecule has 2 atom stereocenters. The van der Waals surface area contributed by atoms with E-state index in [1.165, 1.54) is 4.90 Å². The van der Waals surface area contributed by atoms with Crippen LogP contribution >= 0.6 is 11.8 Å². The first-order valence-corrected chi connectivity index (χ1v) is 13.2. The van der Waals surface area contributed by atoms with Gasteiger partial charge in [0.25, 0.3) is 5.91 Å². The number of carbonyl (C=O) groups is 3. The molecule has 34 heavy (non-hydrogen) atoms. The van der Waals surface area contributed by atoms with Gasteiger partial charge in [0.05, 0.1) is 11.3 Å². The van der Waals surface area contributed by atoms with Crippen LogP contribution in [0.5, 0.6) is 0 Å². The Bertz CT molecular complexity index is 1100. The lowest BCUT2D eigenvalue weighted by Crippen LogP contribution is -2.55. The number of anilines is 1. The third-order valence-corrected chi connectivity index (χ3v) is 7.90. The zero-order valence-corrected chi connectivity index (χ0v) is 20.1. The van der Waals surface area contributed by atoms with Crippen molar-refractivity contribution in [3.05, 3.63) is 48.0 Å². The maximum atomic E-state index is 13.5. The number of hydrogen-bond acceptors (Lipinski definition) is 5.